The number of anilines is 1. The van der Waals surface area contributed by atoms with Crippen molar-refractivity contribution in [1.82, 2.24) is 4.90 Å². The molecule has 4 rings (SSSR count). The lowest BCUT2D eigenvalue weighted by Crippen LogP contribution is -2.37. The topological polar surface area (TPSA) is 49.9 Å². The summed E-state index contributed by atoms with van der Waals surface area (Å²) in [5.41, 5.74) is 2.83. The van der Waals surface area contributed by atoms with Gasteiger partial charge in [0, 0.05) is 11.6 Å². The lowest BCUT2D eigenvalue weighted by Gasteiger charge is -2.28. The number of nitrogens with zero attached hydrogens (tertiary/aromatic N) is 2. The minimum Gasteiger partial charge on any atom is -0.280 e. The maximum atomic E-state index is 12.9. The number of carbonyl (C=O) groups is 2. The Balaban J connectivity index is 1.79. The quantitative estimate of drug-likeness (QED) is 0.776. The Hall–Kier alpha value is -2.37. The second-order valence-electron chi connectivity index (χ2n) is 6.63. The van der Waals surface area contributed by atoms with Crippen LogP contribution in [0.5, 0.6) is 0 Å². The number of imide groups is 1. The van der Waals surface area contributed by atoms with E-state index in [4.69, 9.17) is 16.4 Å². The molecule has 2 amide bonds. The van der Waals surface area contributed by atoms with Gasteiger partial charge in [-0.05, 0) is 43.7 Å². The molecule has 0 N–H and O–H groups in total. The number of amides is 2. The van der Waals surface area contributed by atoms with Crippen molar-refractivity contribution in [3.63, 3.8) is 0 Å². The standard InChI is InChI=1S/C20H19ClN2O3/c1-3-22-19(24)16-17(13-6-4-12(2)5-7-13)23(26-18(16)20(22)25)15-10-8-14(21)9-11-15/h4-11,16-18H,3H2,1-2H3. The molecule has 0 radical (unpaired) electrons. The zero-order valence-corrected chi connectivity index (χ0v) is 15.3. The van der Waals surface area contributed by atoms with Gasteiger partial charge in [0.15, 0.2) is 6.10 Å². The molecule has 2 aliphatic rings. The third-order valence-corrected chi connectivity index (χ3v) is 5.27. The van der Waals surface area contributed by atoms with E-state index >= 15 is 0 Å². The Morgan fingerprint density at radius 2 is 1.65 bits per heavy atom. The van der Waals surface area contributed by atoms with Crippen LogP contribution in [0.25, 0.3) is 0 Å². The number of fused-ring (bicyclic) bond motifs is 1. The molecule has 5 nitrogen and oxygen atoms in total. The van der Waals surface area contributed by atoms with E-state index in [0.29, 0.717) is 11.6 Å². The van der Waals surface area contributed by atoms with Crippen LogP contribution in [-0.4, -0.2) is 29.4 Å². The van der Waals surface area contributed by atoms with Crippen molar-refractivity contribution in [2.75, 3.05) is 11.6 Å². The van der Waals surface area contributed by atoms with Crippen LogP contribution >= 0.6 is 11.6 Å². The van der Waals surface area contributed by atoms with Gasteiger partial charge in [-0.1, -0.05) is 41.4 Å². The number of benzene rings is 2. The highest BCUT2D eigenvalue weighted by atomic mass is 35.5. The fraction of sp³-hybridized carbons (Fsp3) is 0.300. The van der Waals surface area contributed by atoms with Gasteiger partial charge in [-0.25, -0.2) is 5.06 Å². The molecule has 0 bridgehead atoms. The summed E-state index contributed by atoms with van der Waals surface area (Å²) < 4.78 is 0. The van der Waals surface area contributed by atoms with E-state index in [1.165, 1.54) is 4.90 Å². The smallest absolute Gasteiger partial charge is 0.261 e. The molecule has 6 heteroatoms. The molecule has 26 heavy (non-hydrogen) atoms. The molecule has 0 saturated carbocycles. The van der Waals surface area contributed by atoms with Crippen LogP contribution in [0.3, 0.4) is 0 Å². The Morgan fingerprint density at radius 1 is 1.00 bits per heavy atom. The number of halogens is 1. The second kappa shape index (κ2) is 6.41. The SMILES string of the molecule is CCN1C(=O)C2ON(c3ccc(Cl)cc3)C(c3ccc(C)cc3)C2C1=O. The molecular formula is C20H19ClN2O3. The van der Waals surface area contributed by atoms with E-state index in [1.807, 2.05) is 43.3 Å². The van der Waals surface area contributed by atoms with Crippen molar-refractivity contribution in [3.8, 4) is 0 Å². The molecule has 2 saturated heterocycles. The van der Waals surface area contributed by atoms with E-state index in [1.54, 1.807) is 24.1 Å². The van der Waals surface area contributed by atoms with Crippen LogP contribution in [0.15, 0.2) is 48.5 Å². The monoisotopic (exact) mass is 370 g/mol. The Bertz CT molecular complexity index is 850. The molecule has 3 unspecified atom stereocenters. The highest BCUT2D eigenvalue weighted by Crippen LogP contribution is 2.46. The number of likely N-dealkylation sites (N-methyl/N-ethyl adjacent to an activating group) is 1. The van der Waals surface area contributed by atoms with Gasteiger partial charge in [0.2, 0.25) is 5.91 Å². The van der Waals surface area contributed by atoms with Gasteiger partial charge in [0.25, 0.3) is 5.91 Å². The molecule has 0 aromatic heterocycles. The summed E-state index contributed by atoms with van der Waals surface area (Å²) >= 11 is 5.99. The molecule has 2 fully saturated rings. The molecular weight excluding hydrogens is 352 g/mol. The molecule has 2 aromatic carbocycles. The largest absolute Gasteiger partial charge is 0.280 e. The van der Waals surface area contributed by atoms with Crippen molar-refractivity contribution >= 4 is 29.1 Å². The normalized spacial score (nSPS) is 25.1. The van der Waals surface area contributed by atoms with E-state index in [0.717, 1.165) is 16.8 Å². The highest BCUT2D eigenvalue weighted by molar-refractivity contribution is 6.30. The first-order valence-corrected chi connectivity index (χ1v) is 9.02. The Labute approximate surface area is 157 Å². The van der Waals surface area contributed by atoms with Crippen molar-refractivity contribution in [2.24, 2.45) is 5.92 Å². The maximum Gasteiger partial charge on any atom is 0.261 e. The predicted octanol–water partition coefficient (Wildman–Crippen LogP) is 3.51. The predicted molar refractivity (Wildman–Crippen MR) is 98.6 cm³/mol. The van der Waals surface area contributed by atoms with Crippen molar-refractivity contribution in [3.05, 3.63) is 64.7 Å². The highest BCUT2D eigenvalue weighted by Gasteiger charge is 2.59. The fourth-order valence-electron chi connectivity index (χ4n) is 3.70. The summed E-state index contributed by atoms with van der Waals surface area (Å²) in [5.74, 6) is -0.999. The maximum absolute atomic E-state index is 12.9. The zero-order valence-electron chi connectivity index (χ0n) is 14.6. The summed E-state index contributed by atoms with van der Waals surface area (Å²) in [7, 11) is 0. The lowest BCUT2D eigenvalue weighted by molar-refractivity contribution is -0.142. The molecule has 3 atom stereocenters. The number of carbonyl (C=O) groups excluding carboxylic acids is 2. The molecule has 2 heterocycles. The summed E-state index contributed by atoms with van der Waals surface area (Å²) in [6.07, 6.45) is -0.788. The first kappa shape index (κ1) is 17.1. The van der Waals surface area contributed by atoms with Crippen LogP contribution in [0, 0.1) is 12.8 Å². The Morgan fingerprint density at radius 3 is 2.27 bits per heavy atom. The van der Waals surface area contributed by atoms with E-state index in [9.17, 15) is 9.59 Å². The lowest BCUT2D eigenvalue weighted by atomic mass is 9.90. The van der Waals surface area contributed by atoms with E-state index in [2.05, 4.69) is 0 Å². The number of hydrogen-bond donors (Lipinski definition) is 0. The van der Waals surface area contributed by atoms with Crippen LogP contribution in [-0.2, 0) is 14.4 Å². The Kier molecular flexibility index (Phi) is 4.21. The van der Waals surface area contributed by atoms with Crippen LogP contribution in [0.4, 0.5) is 5.69 Å². The van der Waals surface area contributed by atoms with Gasteiger partial charge in [0.1, 0.15) is 5.92 Å². The van der Waals surface area contributed by atoms with Crippen molar-refractivity contribution < 1.29 is 14.4 Å². The zero-order chi connectivity index (χ0) is 18.4. The minimum absolute atomic E-state index is 0.176. The van der Waals surface area contributed by atoms with Gasteiger partial charge in [-0.3, -0.25) is 19.3 Å². The number of likely N-dealkylation sites (tertiary alicyclic amines) is 1. The molecule has 0 aliphatic carbocycles. The minimum atomic E-state index is -0.788. The van der Waals surface area contributed by atoms with Crippen LogP contribution < -0.4 is 5.06 Å². The van der Waals surface area contributed by atoms with Gasteiger partial charge in [-0.15, -0.1) is 0 Å². The molecule has 134 valence electrons. The fourth-order valence-corrected chi connectivity index (χ4v) is 3.82. The second-order valence-corrected chi connectivity index (χ2v) is 7.07. The van der Waals surface area contributed by atoms with E-state index in [-0.39, 0.29) is 17.9 Å². The van der Waals surface area contributed by atoms with Gasteiger partial charge >= 0.3 is 0 Å². The average molecular weight is 371 g/mol. The van der Waals surface area contributed by atoms with Crippen LogP contribution in [0.2, 0.25) is 5.02 Å². The first-order chi connectivity index (χ1) is 12.5. The van der Waals surface area contributed by atoms with Gasteiger partial charge in [0.05, 0.1) is 11.7 Å². The number of aryl methyl sites for hydroxylation is 1. The third kappa shape index (κ3) is 2.59. The van der Waals surface area contributed by atoms with Crippen molar-refractivity contribution in [1.29, 1.82) is 0 Å². The summed E-state index contributed by atoms with van der Waals surface area (Å²) in [4.78, 5) is 32.8. The number of hydrogen-bond acceptors (Lipinski definition) is 4. The van der Waals surface area contributed by atoms with Gasteiger partial charge in [-0.2, -0.15) is 0 Å². The summed E-state index contributed by atoms with van der Waals surface area (Å²) in [6.45, 7) is 4.17. The van der Waals surface area contributed by atoms with Gasteiger partial charge < -0.3 is 0 Å². The van der Waals surface area contributed by atoms with Crippen LogP contribution in [0.1, 0.15) is 24.1 Å². The molecule has 2 aliphatic heterocycles. The summed E-state index contributed by atoms with van der Waals surface area (Å²) in [5, 5.41) is 2.29. The first-order valence-electron chi connectivity index (χ1n) is 8.64. The summed E-state index contributed by atoms with van der Waals surface area (Å²) in [6, 6.07) is 14.8. The number of hydroxylamine groups is 1. The molecule has 0 spiro atoms. The number of rotatable bonds is 3. The third-order valence-electron chi connectivity index (χ3n) is 5.02. The van der Waals surface area contributed by atoms with E-state index < -0.39 is 12.0 Å². The van der Waals surface area contributed by atoms with Crippen molar-refractivity contribution in [2.45, 2.75) is 26.0 Å². The molecule has 2 aromatic rings. The average Bonchev–Trinajstić information content (AvgIpc) is 3.13.